The van der Waals surface area contributed by atoms with Crippen LogP contribution >= 0.6 is 0 Å². The molecule has 3 aliphatic heterocycles. The van der Waals surface area contributed by atoms with Gasteiger partial charge in [0, 0.05) is 23.0 Å². The zero-order valence-corrected chi connectivity index (χ0v) is 32.3. The molecule has 5 aromatic rings. The van der Waals surface area contributed by atoms with E-state index in [-0.39, 0.29) is 60.9 Å². The van der Waals surface area contributed by atoms with Crippen molar-refractivity contribution in [1.29, 1.82) is 0 Å². The lowest BCUT2D eigenvalue weighted by Crippen LogP contribution is -2.43. The Labute approximate surface area is 323 Å². The topological polar surface area (TPSA) is 184 Å². The molecule has 0 radical (unpaired) electrons. The number of alkyl carbamates (subject to hydrolysis) is 2. The van der Waals surface area contributed by atoms with Gasteiger partial charge in [-0.05, 0) is 84.9 Å². The summed E-state index contributed by atoms with van der Waals surface area (Å²) in [6.07, 6.45) is 2.00. The van der Waals surface area contributed by atoms with Crippen molar-refractivity contribution in [2.75, 3.05) is 27.3 Å². The normalized spacial score (nSPS) is 22.8. The van der Waals surface area contributed by atoms with Gasteiger partial charge in [0.1, 0.15) is 37.1 Å². The van der Waals surface area contributed by atoms with Crippen LogP contribution < -0.4 is 15.4 Å². The van der Waals surface area contributed by atoms with Crippen LogP contribution in [0.3, 0.4) is 0 Å². The van der Waals surface area contributed by atoms with Crippen LogP contribution in [-0.2, 0) is 25.7 Å². The van der Waals surface area contributed by atoms with E-state index >= 15 is 0 Å². The van der Waals surface area contributed by atoms with E-state index in [1.807, 2.05) is 29.7 Å². The maximum atomic E-state index is 13.3. The first-order valence-corrected chi connectivity index (χ1v) is 19.0. The van der Waals surface area contributed by atoms with Gasteiger partial charge < -0.3 is 44.6 Å². The van der Waals surface area contributed by atoms with Crippen LogP contribution in [0.1, 0.15) is 69.8 Å². The number of rotatable bonds is 7. The highest BCUT2D eigenvalue weighted by Crippen LogP contribution is 2.45. The number of likely N-dealkylation sites (tertiary alicyclic amines) is 2. The fourth-order valence-corrected chi connectivity index (χ4v) is 8.64. The minimum absolute atomic E-state index is 0.0205. The molecule has 4 N–H and O–H groups in total. The van der Waals surface area contributed by atoms with Crippen molar-refractivity contribution in [3.8, 4) is 28.1 Å². The molecule has 5 unspecified atom stereocenters. The van der Waals surface area contributed by atoms with Gasteiger partial charge in [0.15, 0.2) is 0 Å². The van der Waals surface area contributed by atoms with Crippen LogP contribution in [0.4, 0.5) is 9.59 Å². The van der Waals surface area contributed by atoms with Gasteiger partial charge in [-0.1, -0.05) is 32.0 Å². The molecule has 292 valence electrons. The van der Waals surface area contributed by atoms with Crippen LogP contribution in [0.15, 0.2) is 48.7 Å². The number of fused-ring (bicyclic) bond motifs is 6. The lowest BCUT2D eigenvalue weighted by atomic mass is 9.92. The molecule has 15 nitrogen and oxygen atoms in total. The van der Waals surface area contributed by atoms with E-state index < -0.39 is 12.2 Å². The number of imidazole rings is 2. The summed E-state index contributed by atoms with van der Waals surface area (Å²) in [7, 11) is 2.54. The number of nitrogens with zero attached hydrogens (tertiary/aromatic N) is 4. The Hall–Kier alpha value is -6.12. The van der Waals surface area contributed by atoms with Crippen LogP contribution in [0.25, 0.3) is 44.2 Å². The number of aromatic amines is 2. The number of H-pyrrole nitrogens is 2. The third kappa shape index (κ3) is 6.43. The SMILES string of the molecule is COC(=O)NCC(=O)N1C(c2nc3c(ccc4cc5c(cc43)OCc3cc(-c4cnc(C6C[C@@H](C)C(C)N6C(=O)CNC(=O)OC)[nH]4)ccc3-5)[nH]2)CC(C)C1C. The summed E-state index contributed by atoms with van der Waals surface area (Å²) < 4.78 is 15.7. The minimum atomic E-state index is -0.648. The lowest BCUT2D eigenvalue weighted by Gasteiger charge is -2.28. The second-order valence-corrected chi connectivity index (χ2v) is 15.2. The number of nitrogens with one attached hydrogen (secondary N) is 4. The molecule has 2 aromatic heterocycles. The summed E-state index contributed by atoms with van der Waals surface area (Å²) in [5, 5.41) is 6.98. The Morgan fingerprint density at radius 2 is 1.45 bits per heavy atom. The highest BCUT2D eigenvalue weighted by Gasteiger charge is 2.42. The zero-order valence-electron chi connectivity index (χ0n) is 32.3. The predicted octanol–water partition coefficient (Wildman–Crippen LogP) is 5.97. The molecule has 0 saturated carbocycles. The molecule has 0 bridgehead atoms. The van der Waals surface area contributed by atoms with Crippen molar-refractivity contribution in [3.05, 3.63) is 65.9 Å². The van der Waals surface area contributed by atoms with Crippen LogP contribution in [0.5, 0.6) is 5.75 Å². The number of methoxy groups -OCH3 is 2. The molecular weight excluding hydrogens is 716 g/mol. The molecule has 8 rings (SSSR count). The molecule has 15 heteroatoms. The number of benzene rings is 3. The first-order valence-electron chi connectivity index (χ1n) is 19.0. The smallest absolute Gasteiger partial charge is 0.407 e. The summed E-state index contributed by atoms with van der Waals surface area (Å²) in [5.41, 5.74) is 6.57. The summed E-state index contributed by atoms with van der Waals surface area (Å²) >= 11 is 0. The van der Waals surface area contributed by atoms with Crippen molar-refractivity contribution in [2.24, 2.45) is 11.8 Å². The van der Waals surface area contributed by atoms with Crippen molar-refractivity contribution in [2.45, 2.75) is 71.3 Å². The number of hydrogen-bond donors (Lipinski definition) is 4. The number of aromatic nitrogens is 4. The van der Waals surface area contributed by atoms with Gasteiger partial charge in [0.25, 0.3) is 0 Å². The van der Waals surface area contributed by atoms with Crippen molar-refractivity contribution in [1.82, 2.24) is 40.4 Å². The molecule has 3 aromatic carbocycles. The van der Waals surface area contributed by atoms with Crippen molar-refractivity contribution < 1.29 is 33.4 Å². The molecule has 0 spiro atoms. The van der Waals surface area contributed by atoms with Gasteiger partial charge in [-0.2, -0.15) is 0 Å². The van der Waals surface area contributed by atoms with Gasteiger partial charge in [-0.3, -0.25) is 9.59 Å². The number of amides is 4. The molecule has 56 heavy (non-hydrogen) atoms. The number of carbonyl (C=O) groups is 4. The van der Waals surface area contributed by atoms with E-state index in [1.165, 1.54) is 14.2 Å². The molecular formula is C41H46N8O7. The quantitative estimate of drug-likeness (QED) is 0.155. The third-order valence-electron chi connectivity index (χ3n) is 12.0. The summed E-state index contributed by atoms with van der Waals surface area (Å²) in [5.74, 6) is 2.29. The second-order valence-electron chi connectivity index (χ2n) is 15.2. The fourth-order valence-electron chi connectivity index (χ4n) is 8.64. The minimum Gasteiger partial charge on any atom is -0.488 e. The van der Waals surface area contributed by atoms with Gasteiger partial charge in [-0.15, -0.1) is 0 Å². The molecule has 2 fully saturated rings. The standard InChI is InChI=1S/C41H46N8O7/c1-20-11-32(48(22(20)3)35(50)17-43-40(52)54-5)38-42-16-31(46-38)25-7-9-27-26(13-25)19-56-34-15-28-24(14-29(27)34)8-10-30-37(28)47-39(45-30)33-12-21(2)23(4)49(33)36(51)18-44-41(53)55-6/h7-10,13-16,20-23,32-33H,11-12,17-19H2,1-6H3,(H,42,46)(H,43,52)(H,44,53)(H,45,47)/t20-,21?,22?,23?,32?,33?/m1/s1. The maximum absolute atomic E-state index is 13.3. The average Bonchev–Trinajstić information content (AvgIpc) is 4.00. The zero-order chi connectivity index (χ0) is 39.4. The Bertz CT molecular complexity index is 2370. The first kappa shape index (κ1) is 36.8. The highest BCUT2D eigenvalue weighted by molar-refractivity contribution is 6.07. The third-order valence-corrected chi connectivity index (χ3v) is 12.0. The molecule has 0 aliphatic carbocycles. The van der Waals surface area contributed by atoms with Crippen LogP contribution in [0, 0.1) is 11.8 Å². The fraction of sp³-hybridized carbons (Fsp3) is 0.415. The summed E-state index contributed by atoms with van der Waals surface area (Å²) in [6.45, 7) is 8.37. The second kappa shape index (κ2) is 14.5. The van der Waals surface area contributed by atoms with E-state index in [4.69, 9.17) is 14.7 Å². The predicted molar refractivity (Wildman–Crippen MR) is 207 cm³/mol. The van der Waals surface area contributed by atoms with Gasteiger partial charge >= 0.3 is 12.2 Å². The highest BCUT2D eigenvalue weighted by atomic mass is 16.5. The molecule has 6 atom stereocenters. The van der Waals surface area contributed by atoms with E-state index in [1.54, 1.807) is 6.20 Å². The average molecular weight is 763 g/mol. The Kier molecular flexibility index (Phi) is 9.54. The van der Waals surface area contributed by atoms with E-state index in [2.05, 4.69) is 80.3 Å². The molecule has 5 heterocycles. The summed E-state index contributed by atoms with van der Waals surface area (Å²) in [4.78, 5) is 70.2. The number of hydrogen-bond acceptors (Lipinski definition) is 9. The maximum Gasteiger partial charge on any atom is 0.407 e. The van der Waals surface area contributed by atoms with Crippen molar-refractivity contribution >= 4 is 45.8 Å². The number of ether oxygens (including phenoxy) is 3. The molecule has 4 amide bonds. The number of carbonyl (C=O) groups excluding carboxylic acids is 4. The van der Waals surface area contributed by atoms with Gasteiger partial charge in [-0.25, -0.2) is 19.6 Å². The lowest BCUT2D eigenvalue weighted by molar-refractivity contribution is -0.134. The van der Waals surface area contributed by atoms with E-state index in [0.717, 1.165) is 68.3 Å². The van der Waals surface area contributed by atoms with Crippen LogP contribution in [-0.4, -0.2) is 93.1 Å². The van der Waals surface area contributed by atoms with Crippen molar-refractivity contribution in [3.63, 3.8) is 0 Å². The van der Waals surface area contributed by atoms with Gasteiger partial charge in [0.2, 0.25) is 11.8 Å². The summed E-state index contributed by atoms with van der Waals surface area (Å²) in [6, 6.07) is 14.0. The Morgan fingerprint density at radius 1 is 0.804 bits per heavy atom. The monoisotopic (exact) mass is 762 g/mol. The first-order chi connectivity index (χ1) is 26.9. The Morgan fingerprint density at radius 3 is 2.09 bits per heavy atom. The van der Waals surface area contributed by atoms with Crippen LogP contribution in [0.2, 0.25) is 0 Å². The molecule has 2 saturated heterocycles. The van der Waals surface area contributed by atoms with E-state index in [0.29, 0.717) is 18.3 Å². The van der Waals surface area contributed by atoms with E-state index in [9.17, 15) is 19.2 Å². The largest absolute Gasteiger partial charge is 0.488 e. The molecule has 3 aliphatic rings. The Balaban J connectivity index is 1.05. The van der Waals surface area contributed by atoms with Gasteiger partial charge in [0.05, 0.1) is 49.2 Å².